The minimum atomic E-state index is 0.636. The largest absolute Gasteiger partial charge is 0.382 e. The number of aryl methyl sites for hydroxylation is 2. The standard InChI is InChI=1S/C10H17N3/c1-8(2)5-4-6-13-7-9(3)10(11)12-13/h5,7H,4,6H2,1-3H3,(H2,11,12). The lowest BCUT2D eigenvalue weighted by molar-refractivity contribution is 0.624. The Bertz CT molecular complexity index is 286. The summed E-state index contributed by atoms with van der Waals surface area (Å²) in [5.41, 5.74) is 8.02. The number of nitrogens with two attached hydrogens (primary N) is 1. The fourth-order valence-corrected chi connectivity index (χ4v) is 1.14. The molecule has 3 nitrogen and oxygen atoms in total. The zero-order valence-electron chi connectivity index (χ0n) is 8.54. The van der Waals surface area contributed by atoms with Crippen molar-refractivity contribution in [3.8, 4) is 0 Å². The maximum absolute atomic E-state index is 5.62. The maximum atomic E-state index is 5.62. The molecule has 0 spiro atoms. The van der Waals surface area contributed by atoms with Crippen LogP contribution < -0.4 is 5.73 Å². The molecule has 1 aromatic heterocycles. The molecule has 2 N–H and O–H groups in total. The number of nitrogen functional groups attached to an aromatic ring is 1. The van der Waals surface area contributed by atoms with Crippen molar-refractivity contribution in [3.63, 3.8) is 0 Å². The molecule has 0 radical (unpaired) electrons. The molecular formula is C10H17N3. The summed E-state index contributed by atoms with van der Waals surface area (Å²) in [5, 5.41) is 4.17. The lowest BCUT2D eigenvalue weighted by atomic mass is 10.3. The molecule has 0 saturated heterocycles. The summed E-state index contributed by atoms with van der Waals surface area (Å²) >= 11 is 0. The fourth-order valence-electron chi connectivity index (χ4n) is 1.14. The Labute approximate surface area is 79.2 Å². The van der Waals surface area contributed by atoms with Gasteiger partial charge in [-0.15, -0.1) is 0 Å². The molecule has 0 aliphatic heterocycles. The smallest absolute Gasteiger partial charge is 0.148 e. The molecule has 0 aliphatic rings. The summed E-state index contributed by atoms with van der Waals surface area (Å²) in [5.74, 6) is 0.636. The lowest BCUT2D eigenvalue weighted by Crippen LogP contribution is -1.98. The van der Waals surface area contributed by atoms with Crippen LogP contribution in [-0.4, -0.2) is 9.78 Å². The number of hydrogen-bond donors (Lipinski definition) is 1. The van der Waals surface area contributed by atoms with Crippen LogP contribution in [0.4, 0.5) is 5.82 Å². The van der Waals surface area contributed by atoms with E-state index in [2.05, 4.69) is 25.0 Å². The SMILES string of the molecule is CC(C)=CCCn1cc(C)c(N)n1. The highest BCUT2D eigenvalue weighted by Gasteiger charge is 1.98. The first-order chi connectivity index (χ1) is 6.09. The van der Waals surface area contributed by atoms with Crippen molar-refractivity contribution in [2.75, 3.05) is 5.73 Å². The number of rotatable bonds is 3. The van der Waals surface area contributed by atoms with Crippen LogP contribution in [0.1, 0.15) is 25.8 Å². The lowest BCUT2D eigenvalue weighted by Gasteiger charge is -1.96. The Morgan fingerprint density at radius 2 is 2.31 bits per heavy atom. The quantitative estimate of drug-likeness (QED) is 0.722. The molecule has 0 unspecified atom stereocenters. The van der Waals surface area contributed by atoms with Crippen molar-refractivity contribution in [2.24, 2.45) is 0 Å². The maximum Gasteiger partial charge on any atom is 0.148 e. The zero-order valence-corrected chi connectivity index (χ0v) is 8.54. The molecule has 0 amide bonds. The van der Waals surface area contributed by atoms with Gasteiger partial charge in [0.1, 0.15) is 5.82 Å². The first-order valence-electron chi connectivity index (χ1n) is 4.52. The molecule has 1 rings (SSSR count). The summed E-state index contributed by atoms with van der Waals surface area (Å²) in [6, 6.07) is 0. The van der Waals surface area contributed by atoms with E-state index in [0.29, 0.717) is 5.82 Å². The van der Waals surface area contributed by atoms with Crippen LogP contribution in [0.5, 0.6) is 0 Å². The minimum absolute atomic E-state index is 0.636. The van der Waals surface area contributed by atoms with Crippen molar-refractivity contribution in [3.05, 3.63) is 23.4 Å². The van der Waals surface area contributed by atoms with Crippen LogP contribution in [0.15, 0.2) is 17.8 Å². The van der Waals surface area contributed by atoms with Gasteiger partial charge in [0.2, 0.25) is 0 Å². The predicted octanol–water partition coefficient (Wildman–Crippen LogP) is 2.13. The van der Waals surface area contributed by atoms with Gasteiger partial charge < -0.3 is 5.73 Å². The van der Waals surface area contributed by atoms with Crippen LogP contribution in [0, 0.1) is 6.92 Å². The molecule has 0 atom stereocenters. The number of allylic oxidation sites excluding steroid dienone is 2. The van der Waals surface area contributed by atoms with Gasteiger partial charge in [-0.05, 0) is 27.2 Å². The average Bonchev–Trinajstić information content (AvgIpc) is 2.30. The zero-order chi connectivity index (χ0) is 9.84. The van der Waals surface area contributed by atoms with Gasteiger partial charge in [-0.1, -0.05) is 11.6 Å². The molecule has 0 saturated carbocycles. The molecule has 3 heteroatoms. The van der Waals surface area contributed by atoms with E-state index in [0.717, 1.165) is 18.5 Å². The van der Waals surface area contributed by atoms with Crippen LogP contribution >= 0.6 is 0 Å². The van der Waals surface area contributed by atoms with Gasteiger partial charge in [0.05, 0.1) is 0 Å². The average molecular weight is 179 g/mol. The highest BCUT2D eigenvalue weighted by Crippen LogP contribution is 2.06. The molecule has 0 fully saturated rings. The Morgan fingerprint density at radius 1 is 1.62 bits per heavy atom. The third-order valence-corrected chi connectivity index (χ3v) is 1.89. The minimum Gasteiger partial charge on any atom is -0.382 e. The molecule has 0 aliphatic carbocycles. The molecule has 0 aromatic carbocycles. The predicted molar refractivity (Wildman–Crippen MR) is 55.4 cm³/mol. The van der Waals surface area contributed by atoms with E-state index in [4.69, 9.17) is 5.73 Å². The van der Waals surface area contributed by atoms with E-state index in [1.807, 2.05) is 17.8 Å². The third kappa shape index (κ3) is 2.93. The topological polar surface area (TPSA) is 43.8 Å². The number of anilines is 1. The van der Waals surface area contributed by atoms with Crippen molar-refractivity contribution in [1.29, 1.82) is 0 Å². The molecule has 1 aromatic rings. The summed E-state index contributed by atoms with van der Waals surface area (Å²) in [7, 11) is 0. The van der Waals surface area contributed by atoms with Crippen molar-refractivity contribution < 1.29 is 0 Å². The highest BCUT2D eigenvalue weighted by atomic mass is 15.3. The fraction of sp³-hybridized carbons (Fsp3) is 0.500. The molecule has 1 heterocycles. The molecule has 72 valence electrons. The number of hydrogen-bond acceptors (Lipinski definition) is 2. The van der Waals surface area contributed by atoms with E-state index in [9.17, 15) is 0 Å². The monoisotopic (exact) mass is 179 g/mol. The first-order valence-corrected chi connectivity index (χ1v) is 4.52. The van der Waals surface area contributed by atoms with Crippen LogP contribution in [0.25, 0.3) is 0 Å². The second kappa shape index (κ2) is 4.12. The van der Waals surface area contributed by atoms with Gasteiger partial charge in [-0.25, -0.2) is 0 Å². The van der Waals surface area contributed by atoms with Crippen molar-refractivity contribution >= 4 is 5.82 Å². The van der Waals surface area contributed by atoms with Gasteiger partial charge in [0.15, 0.2) is 0 Å². The van der Waals surface area contributed by atoms with Crippen LogP contribution in [0.3, 0.4) is 0 Å². The van der Waals surface area contributed by atoms with Crippen molar-refractivity contribution in [2.45, 2.75) is 33.7 Å². The molecular weight excluding hydrogens is 162 g/mol. The highest BCUT2D eigenvalue weighted by molar-refractivity contribution is 5.35. The Hall–Kier alpha value is -1.25. The summed E-state index contributed by atoms with van der Waals surface area (Å²) in [4.78, 5) is 0. The molecule has 13 heavy (non-hydrogen) atoms. The van der Waals surface area contributed by atoms with E-state index in [-0.39, 0.29) is 0 Å². The van der Waals surface area contributed by atoms with E-state index < -0.39 is 0 Å². The van der Waals surface area contributed by atoms with Crippen LogP contribution in [-0.2, 0) is 6.54 Å². The summed E-state index contributed by atoms with van der Waals surface area (Å²) in [6.45, 7) is 7.08. The second-order valence-corrected chi connectivity index (χ2v) is 3.53. The summed E-state index contributed by atoms with van der Waals surface area (Å²) in [6.07, 6.45) is 5.20. The van der Waals surface area contributed by atoms with Gasteiger partial charge in [0, 0.05) is 18.3 Å². The Balaban J connectivity index is 2.51. The third-order valence-electron chi connectivity index (χ3n) is 1.89. The summed E-state index contributed by atoms with van der Waals surface area (Å²) < 4.78 is 1.89. The van der Waals surface area contributed by atoms with Crippen LogP contribution in [0.2, 0.25) is 0 Å². The van der Waals surface area contributed by atoms with Gasteiger partial charge in [-0.3, -0.25) is 4.68 Å². The number of nitrogens with zero attached hydrogens (tertiary/aromatic N) is 2. The molecule has 0 bridgehead atoms. The van der Waals surface area contributed by atoms with E-state index in [1.54, 1.807) is 0 Å². The Morgan fingerprint density at radius 3 is 2.77 bits per heavy atom. The van der Waals surface area contributed by atoms with E-state index >= 15 is 0 Å². The van der Waals surface area contributed by atoms with Gasteiger partial charge in [0.25, 0.3) is 0 Å². The number of aromatic nitrogens is 2. The van der Waals surface area contributed by atoms with Crippen molar-refractivity contribution in [1.82, 2.24) is 9.78 Å². The normalized spacial score (nSPS) is 10.1. The first kappa shape index (κ1) is 9.84. The Kier molecular flexibility index (Phi) is 3.12. The van der Waals surface area contributed by atoms with E-state index in [1.165, 1.54) is 5.57 Å². The second-order valence-electron chi connectivity index (χ2n) is 3.53. The van der Waals surface area contributed by atoms with Gasteiger partial charge in [-0.2, -0.15) is 5.10 Å². The van der Waals surface area contributed by atoms with Gasteiger partial charge >= 0.3 is 0 Å².